The third kappa shape index (κ3) is 3.38. The highest BCUT2D eigenvalue weighted by atomic mass is 16.5. The summed E-state index contributed by atoms with van der Waals surface area (Å²) >= 11 is 0. The first-order chi connectivity index (χ1) is 10.2. The average Bonchev–Trinajstić information content (AvgIpc) is 2.54. The van der Waals surface area contributed by atoms with Gasteiger partial charge in [0.25, 0.3) is 0 Å². The van der Waals surface area contributed by atoms with Crippen LogP contribution in [0.1, 0.15) is 51.2 Å². The minimum atomic E-state index is -0.405. The molecular formula is C19H26O2. The predicted octanol–water partition coefficient (Wildman–Crippen LogP) is 5.10. The second kappa shape index (κ2) is 7.46. The first kappa shape index (κ1) is 15.8. The summed E-state index contributed by atoms with van der Waals surface area (Å²) in [5.74, 6) is 1.19. The smallest absolute Gasteiger partial charge is 0.126 e. The number of hydrogen-bond acceptors (Lipinski definition) is 2. The van der Waals surface area contributed by atoms with E-state index in [0.29, 0.717) is 5.92 Å². The first-order valence-electron chi connectivity index (χ1n) is 7.96. The van der Waals surface area contributed by atoms with E-state index in [1.165, 1.54) is 12.8 Å². The number of rotatable bonds is 7. The molecule has 0 radical (unpaired) electrons. The fourth-order valence-electron chi connectivity index (χ4n) is 3.04. The van der Waals surface area contributed by atoms with Gasteiger partial charge >= 0.3 is 0 Å². The van der Waals surface area contributed by atoms with Gasteiger partial charge in [0, 0.05) is 5.39 Å². The Bertz CT molecular complexity index is 577. The quantitative estimate of drug-likeness (QED) is 0.767. The molecule has 2 nitrogen and oxygen atoms in total. The minimum absolute atomic E-state index is 0.321. The summed E-state index contributed by atoms with van der Waals surface area (Å²) in [6, 6.07) is 12.1. The van der Waals surface area contributed by atoms with E-state index in [0.717, 1.165) is 34.9 Å². The second-order valence-electron chi connectivity index (χ2n) is 5.66. The lowest BCUT2D eigenvalue weighted by Gasteiger charge is -2.23. The first-order valence-corrected chi connectivity index (χ1v) is 7.96. The van der Waals surface area contributed by atoms with Gasteiger partial charge in [0.15, 0.2) is 0 Å². The van der Waals surface area contributed by atoms with Crippen molar-refractivity contribution in [2.24, 2.45) is 5.92 Å². The molecule has 2 heteroatoms. The van der Waals surface area contributed by atoms with E-state index in [2.05, 4.69) is 26.0 Å². The van der Waals surface area contributed by atoms with Crippen LogP contribution in [0.3, 0.4) is 0 Å². The van der Waals surface area contributed by atoms with Crippen molar-refractivity contribution in [3.05, 3.63) is 42.0 Å². The standard InChI is InChI=1S/C19H26O2/c1-4-6-9-14(5-2)19(20)17-12-13-18(21-3)16-11-8-7-10-15(16)17/h7-8,10-14,19-20H,4-6,9H2,1-3H3. The maximum Gasteiger partial charge on any atom is 0.126 e. The lowest BCUT2D eigenvalue weighted by molar-refractivity contribution is 0.100. The van der Waals surface area contributed by atoms with Gasteiger partial charge in [0.2, 0.25) is 0 Å². The molecule has 2 rings (SSSR count). The van der Waals surface area contributed by atoms with E-state index in [4.69, 9.17) is 4.74 Å². The Morgan fingerprint density at radius 2 is 1.76 bits per heavy atom. The van der Waals surface area contributed by atoms with Gasteiger partial charge in [-0.15, -0.1) is 0 Å². The normalized spacial score (nSPS) is 14.1. The van der Waals surface area contributed by atoms with E-state index >= 15 is 0 Å². The predicted molar refractivity (Wildman–Crippen MR) is 88.8 cm³/mol. The van der Waals surface area contributed by atoms with Crippen LogP contribution in [0.2, 0.25) is 0 Å². The third-order valence-corrected chi connectivity index (χ3v) is 4.36. The molecule has 0 aromatic heterocycles. The molecule has 0 bridgehead atoms. The molecule has 0 saturated carbocycles. The number of methoxy groups -OCH3 is 1. The van der Waals surface area contributed by atoms with Crippen molar-refractivity contribution in [1.82, 2.24) is 0 Å². The molecule has 0 saturated heterocycles. The number of fused-ring (bicyclic) bond motifs is 1. The third-order valence-electron chi connectivity index (χ3n) is 4.36. The lowest BCUT2D eigenvalue weighted by Crippen LogP contribution is -2.12. The van der Waals surface area contributed by atoms with Crippen LogP contribution >= 0.6 is 0 Å². The van der Waals surface area contributed by atoms with Crippen molar-refractivity contribution >= 4 is 10.8 Å². The monoisotopic (exact) mass is 286 g/mol. The Balaban J connectivity index is 2.41. The van der Waals surface area contributed by atoms with Crippen LogP contribution in [0.5, 0.6) is 5.75 Å². The summed E-state index contributed by atoms with van der Waals surface area (Å²) in [4.78, 5) is 0. The maximum absolute atomic E-state index is 10.8. The van der Waals surface area contributed by atoms with Gasteiger partial charge in [-0.05, 0) is 29.4 Å². The van der Waals surface area contributed by atoms with E-state index in [9.17, 15) is 5.11 Å². The molecular weight excluding hydrogens is 260 g/mol. The number of hydrogen-bond donors (Lipinski definition) is 1. The van der Waals surface area contributed by atoms with Gasteiger partial charge in [-0.25, -0.2) is 0 Å². The molecule has 0 fully saturated rings. The fraction of sp³-hybridized carbons (Fsp3) is 0.474. The summed E-state index contributed by atoms with van der Waals surface area (Å²) in [5.41, 5.74) is 1.02. The van der Waals surface area contributed by atoms with Crippen molar-refractivity contribution in [3.8, 4) is 5.75 Å². The van der Waals surface area contributed by atoms with Crippen LogP contribution in [0, 0.1) is 5.92 Å². The molecule has 0 aliphatic heterocycles. The van der Waals surface area contributed by atoms with Crippen molar-refractivity contribution in [2.45, 2.75) is 45.6 Å². The second-order valence-corrected chi connectivity index (χ2v) is 5.66. The lowest BCUT2D eigenvalue weighted by atomic mass is 9.87. The average molecular weight is 286 g/mol. The van der Waals surface area contributed by atoms with E-state index in [1.54, 1.807) is 7.11 Å². The molecule has 0 amide bonds. The molecule has 0 aliphatic carbocycles. The van der Waals surface area contributed by atoms with Crippen molar-refractivity contribution in [1.29, 1.82) is 0 Å². The summed E-state index contributed by atoms with van der Waals surface area (Å²) < 4.78 is 5.43. The topological polar surface area (TPSA) is 29.5 Å². The molecule has 2 aromatic rings. The number of ether oxygens (including phenoxy) is 1. The van der Waals surface area contributed by atoms with Crippen LogP contribution in [-0.4, -0.2) is 12.2 Å². The summed E-state index contributed by atoms with van der Waals surface area (Å²) in [7, 11) is 1.69. The van der Waals surface area contributed by atoms with Crippen molar-refractivity contribution < 1.29 is 9.84 Å². The number of aliphatic hydroxyl groups is 1. The van der Waals surface area contributed by atoms with Crippen molar-refractivity contribution in [3.63, 3.8) is 0 Å². The molecule has 114 valence electrons. The van der Waals surface area contributed by atoms with Gasteiger partial charge < -0.3 is 9.84 Å². The molecule has 1 N–H and O–H groups in total. The molecule has 2 aromatic carbocycles. The summed E-state index contributed by atoms with van der Waals surface area (Å²) in [5, 5.41) is 13.0. The Morgan fingerprint density at radius 3 is 2.38 bits per heavy atom. The van der Waals surface area contributed by atoms with Gasteiger partial charge in [0.1, 0.15) is 5.75 Å². The highest BCUT2D eigenvalue weighted by Gasteiger charge is 2.21. The largest absolute Gasteiger partial charge is 0.496 e. The van der Waals surface area contributed by atoms with Crippen LogP contribution < -0.4 is 4.74 Å². The molecule has 0 heterocycles. The summed E-state index contributed by atoms with van der Waals surface area (Å²) in [6.07, 6.45) is 4.02. The van der Waals surface area contributed by atoms with Gasteiger partial charge in [-0.2, -0.15) is 0 Å². The molecule has 0 spiro atoms. The highest BCUT2D eigenvalue weighted by molar-refractivity contribution is 5.91. The van der Waals surface area contributed by atoms with Crippen LogP contribution in [0.25, 0.3) is 10.8 Å². The van der Waals surface area contributed by atoms with E-state index in [1.807, 2.05) is 24.3 Å². The zero-order chi connectivity index (χ0) is 15.2. The maximum atomic E-state index is 10.8. The zero-order valence-corrected chi connectivity index (χ0v) is 13.3. The Labute approximate surface area is 127 Å². The van der Waals surface area contributed by atoms with Crippen LogP contribution in [0.15, 0.2) is 36.4 Å². The highest BCUT2D eigenvalue weighted by Crippen LogP contribution is 2.36. The van der Waals surface area contributed by atoms with Crippen LogP contribution in [-0.2, 0) is 0 Å². The molecule has 2 unspecified atom stereocenters. The molecule has 0 aliphatic rings. The SMILES string of the molecule is CCCCC(CC)C(O)c1ccc(OC)c2ccccc12. The molecule has 21 heavy (non-hydrogen) atoms. The molecule has 2 atom stereocenters. The minimum Gasteiger partial charge on any atom is -0.496 e. The number of aliphatic hydroxyl groups excluding tert-OH is 1. The Kier molecular flexibility index (Phi) is 5.63. The number of benzene rings is 2. The van der Waals surface area contributed by atoms with E-state index < -0.39 is 6.10 Å². The van der Waals surface area contributed by atoms with Gasteiger partial charge in [-0.1, -0.05) is 63.4 Å². The Hall–Kier alpha value is -1.54. The van der Waals surface area contributed by atoms with Gasteiger partial charge in [-0.3, -0.25) is 0 Å². The van der Waals surface area contributed by atoms with Crippen molar-refractivity contribution in [2.75, 3.05) is 7.11 Å². The fourth-order valence-corrected chi connectivity index (χ4v) is 3.04. The number of unbranched alkanes of at least 4 members (excludes halogenated alkanes) is 1. The van der Waals surface area contributed by atoms with Gasteiger partial charge in [0.05, 0.1) is 13.2 Å². The summed E-state index contributed by atoms with van der Waals surface area (Å²) in [6.45, 7) is 4.36. The zero-order valence-electron chi connectivity index (χ0n) is 13.3. The Morgan fingerprint density at radius 1 is 1.05 bits per heavy atom. The van der Waals surface area contributed by atoms with Crippen LogP contribution in [0.4, 0.5) is 0 Å². The van der Waals surface area contributed by atoms with E-state index in [-0.39, 0.29) is 0 Å².